The number of aryl methyl sites for hydroxylation is 4. The monoisotopic (exact) mass is 501 g/mol. The summed E-state index contributed by atoms with van der Waals surface area (Å²) in [5.41, 5.74) is 13.3. The Morgan fingerprint density at radius 3 is 1.27 bits per heavy atom. The van der Waals surface area contributed by atoms with Gasteiger partial charge < -0.3 is 16.0 Å². The minimum absolute atomic E-state index is 0.433. The van der Waals surface area contributed by atoms with Gasteiger partial charge in [0.05, 0.1) is 0 Å². The van der Waals surface area contributed by atoms with Crippen LogP contribution >= 0.6 is 0 Å². The first-order valence-electron chi connectivity index (χ1n) is 14.0. The summed E-state index contributed by atoms with van der Waals surface area (Å²) in [6, 6.07) is 8.95. The van der Waals surface area contributed by atoms with Gasteiger partial charge in [-0.15, -0.1) is 0 Å². The summed E-state index contributed by atoms with van der Waals surface area (Å²) in [6.45, 7) is 22.1. The number of pyridine rings is 2. The first-order valence-corrected chi connectivity index (χ1v) is 14.0. The van der Waals surface area contributed by atoms with E-state index >= 15 is 0 Å². The summed E-state index contributed by atoms with van der Waals surface area (Å²) < 4.78 is 0. The summed E-state index contributed by atoms with van der Waals surface area (Å²) in [5.74, 6) is 1.89. The Morgan fingerprint density at radius 2 is 0.946 bits per heavy atom. The van der Waals surface area contributed by atoms with Gasteiger partial charge in [-0.2, -0.15) is 0 Å². The average molecular weight is 502 g/mol. The van der Waals surface area contributed by atoms with Gasteiger partial charge in [0.15, 0.2) is 0 Å². The highest BCUT2D eigenvalue weighted by atomic mass is 15.0. The fourth-order valence-electron chi connectivity index (χ4n) is 5.54. The van der Waals surface area contributed by atoms with Crippen molar-refractivity contribution in [2.75, 3.05) is 10.6 Å². The zero-order valence-electron chi connectivity index (χ0n) is 24.5. The van der Waals surface area contributed by atoms with Gasteiger partial charge in [0.1, 0.15) is 11.6 Å². The lowest BCUT2D eigenvalue weighted by atomic mass is 9.83. The van der Waals surface area contributed by atoms with Crippen molar-refractivity contribution >= 4 is 11.6 Å². The zero-order chi connectivity index (χ0) is 27.1. The van der Waals surface area contributed by atoms with Crippen LogP contribution in [0.4, 0.5) is 11.6 Å². The summed E-state index contributed by atoms with van der Waals surface area (Å²) in [4.78, 5) is 9.49. The van der Waals surface area contributed by atoms with Gasteiger partial charge in [-0.05, 0) is 116 Å². The average Bonchev–Trinajstić information content (AvgIpc) is 2.82. The summed E-state index contributed by atoms with van der Waals surface area (Å²) >= 11 is 0. The van der Waals surface area contributed by atoms with Gasteiger partial charge >= 0.3 is 0 Å². The van der Waals surface area contributed by atoms with Crippen LogP contribution < -0.4 is 16.0 Å². The molecule has 2 aromatic heterocycles. The minimum atomic E-state index is 0.433. The van der Waals surface area contributed by atoms with Gasteiger partial charge in [-0.25, -0.2) is 9.97 Å². The van der Waals surface area contributed by atoms with Crippen molar-refractivity contribution in [1.82, 2.24) is 15.3 Å². The molecule has 0 radical (unpaired) electrons. The van der Waals surface area contributed by atoms with Crippen molar-refractivity contribution in [3.63, 3.8) is 0 Å². The van der Waals surface area contributed by atoms with E-state index in [2.05, 4.69) is 103 Å². The third-order valence-corrected chi connectivity index (χ3v) is 7.02. The van der Waals surface area contributed by atoms with E-state index in [1.165, 1.54) is 44.5 Å². The molecule has 0 atom stereocenters. The standard InChI is InChI=1S/C32H47N5/c1-10-25-28(17-33-20(4)5)26(11-2)30(19-35-32-16-22(7)14-24(9)37-32)27(12-3)29(25)18-34-31-15-21(6)13-23(8)36-31/h13-16,20,33H,10-12,17-19H2,1-9H3,(H,34,36)(H,35,37). The fraction of sp³-hybridized carbons (Fsp3) is 0.500. The molecule has 0 spiro atoms. The van der Waals surface area contributed by atoms with Crippen molar-refractivity contribution in [3.05, 3.63) is 80.2 Å². The molecular formula is C32H47N5. The lowest BCUT2D eigenvalue weighted by Gasteiger charge is -2.27. The normalized spacial score (nSPS) is 11.3. The van der Waals surface area contributed by atoms with Gasteiger partial charge in [0.25, 0.3) is 0 Å². The molecule has 3 rings (SSSR count). The molecule has 3 aromatic rings. The van der Waals surface area contributed by atoms with E-state index in [-0.39, 0.29) is 0 Å². The van der Waals surface area contributed by atoms with Gasteiger partial charge in [-0.3, -0.25) is 0 Å². The van der Waals surface area contributed by atoms with Crippen molar-refractivity contribution in [3.8, 4) is 0 Å². The predicted octanol–water partition coefficient (Wildman–Crippen LogP) is 7.12. The molecular weight excluding hydrogens is 454 g/mol. The Kier molecular flexibility index (Phi) is 10.1. The van der Waals surface area contributed by atoms with Crippen LogP contribution in [0, 0.1) is 27.7 Å². The van der Waals surface area contributed by atoms with Crippen LogP contribution in [0.2, 0.25) is 0 Å². The summed E-state index contributed by atoms with van der Waals surface area (Å²) in [6.07, 6.45) is 3.02. The lowest BCUT2D eigenvalue weighted by molar-refractivity contribution is 0.582. The Labute approximate surface area is 224 Å². The maximum Gasteiger partial charge on any atom is 0.126 e. The molecule has 0 aliphatic rings. The Balaban J connectivity index is 2.11. The number of benzene rings is 1. The van der Waals surface area contributed by atoms with Gasteiger partial charge in [0, 0.05) is 37.1 Å². The minimum Gasteiger partial charge on any atom is -0.366 e. The molecule has 5 nitrogen and oxygen atoms in total. The molecule has 2 heterocycles. The predicted molar refractivity (Wildman–Crippen MR) is 159 cm³/mol. The highest BCUT2D eigenvalue weighted by Gasteiger charge is 2.21. The fourth-order valence-corrected chi connectivity index (χ4v) is 5.54. The lowest BCUT2D eigenvalue weighted by Crippen LogP contribution is -2.26. The number of anilines is 2. The smallest absolute Gasteiger partial charge is 0.126 e. The number of hydrogen-bond acceptors (Lipinski definition) is 5. The molecule has 0 amide bonds. The topological polar surface area (TPSA) is 61.9 Å². The molecule has 0 aliphatic heterocycles. The van der Waals surface area contributed by atoms with Crippen LogP contribution in [0.15, 0.2) is 24.3 Å². The van der Waals surface area contributed by atoms with E-state index in [0.29, 0.717) is 6.04 Å². The van der Waals surface area contributed by atoms with Crippen LogP contribution in [0.25, 0.3) is 0 Å². The molecule has 0 saturated heterocycles. The maximum atomic E-state index is 4.75. The van der Waals surface area contributed by atoms with Gasteiger partial charge in [0.2, 0.25) is 0 Å². The largest absolute Gasteiger partial charge is 0.366 e. The second-order valence-electron chi connectivity index (χ2n) is 10.5. The summed E-state index contributed by atoms with van der Waals surface area (Å²) in [7, 11) is 0. The van der Waals surface area contributed by atoms with Crippen molar-refractivity contribution in [2.45, 2.75) is 107 Å². The Bertz CT molecular complexity index is 1090. The molecule has 0 fully saturated rings. The third kappa shape index (κ3) is 7.32. The third-order valence-electron chi connectivity index (χ3n) is 7.02. The van der Waals surface area contributed by atoms with Crippen LogP contribution in [0.3, 0.4) is 0 Å². The van der Waals surface area contributed by atoms with Crippen LogP contribution in [-0.4, -0.2) is 16.0 Å². The molecule has 5 heteroatoms. The van der Waals surface area contributed by atoms with E-state index in [9.17, 15) is 0 Å². The Hall–Kier alpha value is -2.92. The van der Waals surface area contributed by atoms with Gasteiger partial charge in [-0.1, -0.05) is 34.6 Å². The Morgan fingerprint density at radius 1 is 0.568 bits per heavy atom. The summed E-state index contributed by atoms with van der Waals surface area (Å²) in [5, 5.41) is 11.1. The zero-order valence-corrected chi connectivity index (χ0v) is 24.5. The van der Waals surface area contributed by atoms with Crippen molar-refractivity contribution < 1.29 is 0 Å². The number of aromatic nitrogens is 2. The molecule has 37 heavy (non-hydrogen) atoms. The molecule has 0 saturated carbocycles. The molecule has 1 aromatic carbocycles. The second kappa shape index (κ2) is 13.0. The van der Waals surface area contributed by atoms with E-state index in [1.54, 1.807) is 0 Å². The van der Waals surface area contributed by atoms with Crippen LogP contribution in [-0.2, 0) is 38.9 Å². The second-order valence-corrected chi connectivity index (χ2v) is 10.5. The van der Waals surface area contributed by atoms with E-state index < -0.39 is 0 Å². The maximum absolute atomic E-state index is 4.75. The highest BCUT2D eigenvalue weighted by Crippen LogP contribution is 2.32. The molecule has 0 unspecified atom stereocenters. The van der Waals surface area contributed by atoms with E-state index in [4.69, 9.17) is 9.97 Å². The molecule has 0 aliphatic carbocycles. The van der Waals surface area contributed by atoms with E-state index in [1.807, 2.05) is 0 Å². The first-order chi connectivity index (χ1) is 17.7. The van der Waals surface area contributed by atoms with Crippen molar-refractivity contribution in [1.29, 1.82) is 0 Å². The number of nitrogens with one attached hydrogen (secondary N) is 3. The van der Waals surface area contributed by atoms with Crippen molar-refractivity contribution in [2.24, 2.45) is 0 Å². The highest BCUT2D eigenvalue weighted by molar-refractivity contribution is 5.55. The first kappa shape index (κ1) is 28.6. The molecule has 0 bridgehead atoms. The van der Waals surface area contributed by atoms with Crippen LogP contribution in [0.5, 0.6) is 0 Å². The quantitative estimate of drug-likeness (QED) is 0.247. The number of rotatable bonds is 12. The number of hydrogen-bond donors (Lipinski definition) is 3. The SMILES string of the molecule is CCc1c(CNc2cc(C)cc(C)n2)c(CC)c(CNC(C)C)c(CC)c1CNc1cc(C)cc(C)n1. The molecule has 200 valence electrons. The van der Waals surface area contributed by atoms with E-state index in [0.717, 1.165) is 61.9 Å². The van der Waals surface area contributed by atoms with Crippen LogP contribution in [0.1, 0.15) is 90.5 Å². The molecule has 3 N–H and O–H groups in total. The number of nitrogens with zero attached hydrogens (tertiary/aromatic N) is 2.